The van der Waals surface area contributed by atoms with Gasteiger partial charge in [-0.25, -0.2) is 4.98 Å². The molecule has 2 aromatic heterocycles. The Bertz CT molecular complexity index is 628. The van der Waals surface area contributed by atoms with Gasteiger partial charge < -0.3 is 4.74 Å². The van der Waals surface area contributed by atoms with Crippen molar-refractivity contribution in [2.24, 2.45) is 5.92 Å². The van der Waals surface area contributed by atoms with Crippen molar-refractivity contribution >= 4 is 22.7 Å². The van der Waals surface area contributed by atoms with Crippen LogP contribution < -0.4 is 0 Å². The number of hydrogen-bond acceptors (Lipinski definition) is 6. The third-order valence-electron chi connectivity index (χ3n) is 4.73. The summed E-state index contributed by atoms with van der Waals surface area (Å²) in [5, 5.41) is 7.77. The lowest BCUT2D eigenvalue weighted by atomic mass is 10.1. The van der Waals surface area contributed by atoms with Crippen LogP contribution in [-0.2, 0) is 17.8 Å². The SMILES string of the molecule is Cc1nc(CN2CCO[C@H]3CN(Cc4ccsc4)C[C@H]3C2)cs1. The van der Waals surface area contributed by atoms with E-state index < -0.39 is 0 Å². The summed E-state index contributed by atoms with van der Waals surface area (Å²) in [6.07, 6.45) is 0.399. The highest BCUT2D eigenvalue weighted by Gasteiger charge is 2.36. The first-order valence-electron chi connectivity index (χ1n) is 8.24. The van der Waals surface area contributed by atoms with E-state index in [1.807, 2.05) is 0 Å². The van der Waals surface area contributed by atoms with Gasteiger partial charge in [0.1, 0.15) is 0 Å². The van der Waals surface area contributed by atoms with E-state index in [2.05, 4.69) is 43.9 Å². The third-order valence-corrected chi connectivity index (χ3v) is 6.28. The Kier molecular flexibility index (Phi) is 4.78. The zero-order valence-electron chi connectivity index (χ0n) is 13.5. The molecule has 0 spiro atoms. The number of fused-ring (bicyclic) bond motifs is 1. The monoisotopic (exact) mass is 349 g/mol. The maximum atomic E-state index is 6.15. The minimum atomic E-state index is 0.399. The minimum Gasteiger partial charge on any atom is -0.375 e. The molecule has 2 aliphatic heterocycles. The standard InChI is InChI=1S/C17H23N3OS2/c1-13-18-16(12-23-13)9-19-3-4-21-17-10-20(8-15(17)7-19)6-14-2-5-22-11-14/h2,5,11-12,15,17H,3-4,6-10H2,1H3/t15-,17+/m1/s1. The highest BCUT2D eigenvalue weighted by atomic mass is 32.1. The molecule has 2 atom stereocenters. The lowest BCUT2D eigenvalue weighted by molar-refractivity contribution is 0.0510. The van der Waals surface area contributed by atoms with E-state index in [-0.39, 0.29) is 0 Å². The Morgan fingerprint density at radius 1 is 1.22 bits per heavy atom. The fourth-order valence-electron chi connectivity index (χ4n) is 3.67. The van der Waals surface area contributed by atoms with Crippen molar-refractivity contribution < 1.29 is 4.74 Å². The van der Waals surface area contributed by atoms with Gasteiger partial charge in [0.15, 0.2) is 0 Å². The Hall–Kier alpha value is -0.790. The summed E-state index contributed by atoms with van der Waals surface area (Å²) in [4.78, 5) is 9.68. The number of aromatic nitrogens is 1. The normalized spacial score (nSPS) is 26.3. The van der Waals surface area contributed by atoms with Crippen LogP contribution in [0.15, 0.2) is 22.2 Å². The maximum absolute atomic E-state index is 6.15. The van der Waals surface area contributed by atoms with Gasteiger partial charge >= 0.3 is 0 Å². The first-order valence-corrected chi connectivity index (χ1v) is 10.1. The van der Waals surface area contributed by atoms with Crippen LogP contribution in [0.3, 0.4) is 0 Å². The number of likely N-dealkylation sites (tertiary alicyclic amines) is 1. The Balaban J connectivity index is 1.36. The molecule has 0 aliphatic carbocycles. The molecule has 0 saturated carbocycles. The van der Waals surface area contributed by atoms with E-state index in [1.165, 1.54) is 11.3 Å². The Morgan fingerprint density at radius 3 is 2.91 bits per heavy atom. The third kappa shape index (κ3) is 3.83. The van der Waals surface area contributed by atoms with Crippen LogP contribution >= 0.6 is 22.7 Å². The largest absolute Gasteiger partial charge is 0.375 e. The molecule has 0 aromatic carbocycles. The van der Waals surface area contributed by atoms with Gasteiger partial charge in [0.25, 0.3) is 0 Å². The van der Waals surface area contributed by atoms with Gasteiger partial charge in [0.2, 0.25) is 0 Å². The minimum absolute atomic E-state index is 0.399. The molecule has 0 N–H and O–H groups in total. The second kappa shape index (κ2) is 6.99. The van der Waals surface area contributed by atoms with E-state index >= 15 is 0 Å². The first-order chi connectivity index (χ1) is 11.3. The number of rotatable bonds is 4. The molecule has 2 fully saturated rings. The molecule has 6 heteroatoms. The number of hydrogen-bond donors (Lipinski definition) is 0. The Labute approximate surface area is 145 Å². The average Bonchev–Trinajstić information content (AvgIpc) is 3.22. The summed E-state index contributed by atoms with van der Waals surface area (Å²) < 4.78 is 6.15. The van der Waals surface area contributed by atoms with E-state index in [9.17, 15) is 0 Å². The molecular formula is C17H23N3OS2. The second-order valence-corrected chi connectivity index (χ2v) is 8.43. The van der Waals surface area contributed by atoms with Gasteiger partial charge in [-0.2, -0.15) is 11.3 Å². The lowest BCUT2D eigenvalue weighted by Gasteiger charge is -2.22. The number of thiazole rings is 1. The summed E-state index contributed by atoms with van der Waals surface area (Å²) in [7, 11) is 0. The number of thiophene rings is 1. The van der Waals surface area contributed by atoms with Crippen LogP contribution in [0.1, 0.15) is 16.3 Å². The molecule has 0 amide bonds. The summed E-state index contributed by atoms with van der Waals surface area (Å²) in [6, 6.07) is 2.23. The number of nitrogens with zero attached hydrogens (tertiary/aromatic N) is 3. The molecule has 4 heterocycles. The second-order valence-electron chi connectivity index (χ2n) is 6.59. The predicted molar refractivity (Wildman–Crippen MR) is 95.0 cm³/mol. The first kappa shape index (κ1) is 15.7. The zero-order valence-corrected chi connectivity index (χ0v) is 15.1. The summed E-state index contributed by atoms with van der Waals surface area (Å²) in [5.74, 6) is 0.621. The molecule has 23 heavy (non-hydrogen) atoms. The molecule has 2 aliphatic rings. The van der Waals surface area contributed by atoms with Crippen molar-refractivity contribution in [2.45, 2.75) is 26.1 Å². The smallest absolute Gasteiger partial charge is 0.0897 e. The van der Waals surface area contributed by atoms with Crippen molar-refractivity contribution in [3.05, 3.63) is 38.5 Å². The molecule has 124 valence electrons. The van der Waals surface area contributed by atoms with Gasteiger partial charge in [-0.1, -0.05) is 0 Å². The molecule has 2 saturated heterocycles. The molecule has 4 rings (SSSR count). The van der Waals surface area contributed by atoms with E-state index in [4.69, 9.17) is 4.74 Å². The zero-order chi connectivity index (χ0) is 15.6. The van der Waals surface area contributed by atoms with E-state index in [1.54, 1.807) is 22.7 Å². The fourth-order valence-corrected chi connectivity index (χ4v) is 4.93. The van der Waals surface area contributed by atoms with Crippen LogP contribution in [0.25, 0.3) is 0 Å². The average molecular weight is 350 g/mol. The van der Waals surface area contributed by atoms with E-state index in [0.717, 1.165) is 50.9 Å². The van der Waals surface area contributed by atoms with Gasteiger partial charge in [-0.15, -0.1) is 11.3 Å². The lowest BCUT2D eigenvalue weighted by Crippen LogP contribution is -2.32. The van der Waals surface area contributed by atoms with Gasteiger partial charge in [0, 0.05) is 50.6 Å². The highest BCUT2D eigenvalue weighted by Crippen LogP contribution is 2.26. The van der Waals surface area contributed by atoms with Gasteiger partial charge in [-0.3, -0.25) is 9.80 Å². The number of aryl methyl sites for hydroxylation is 1. The van der Waals surface area contributed by atoms with Gasteiger partial charge in [0.05, 0.1) is 23.4 Å². The maximum Gasteiger partial charge on any atom is 0.0897 e. The van der Waals surface area contributed by atoms with Crippen LogP contribution in [0, 0.1) is 12.8 Å². The van der Waals surface area contributed by atoms with Crippen LogP contribution in [-0.4, -0.2) is 53.7 Å². The summed E-state index contributed by atoms with van der Waals surface area (Å²) in [5.41, 5.74) is 2.64. The quantitative estimate of drug-likeness (QED) is 0.849. The topological polar surface area (TPSA) is 28.6 Å². The van der Waals surface area contributed by atoms with Gasteiger partial charge in [-0.05, 0) is 29.3 Å². The van der Waals surface area contributed by atoms with Crippen molar-refractivity contribution in [1.29, 1.82) is 0 Å². The van der Waals surface area contributed by atoms with Crippen LogP contribution in [0.4, 0.5) is 0 Å². The fraction of sp³-hybridized carbons (Fsp3) is 0.588. The molecule has 0 bridgehead atoms. The summed E-state index contributed by atoms with van der Waals surface area (Å²) >= 11 is 3.53. The molecule has 4 nitrogen and oxygen atoms in total. The van der Waals surface area contributed by atoms with Crippen LogP contribution in [0.2, 0.25) is 0 Å². The molecular weight excluding hydrogens is 326 g/mol. The van der Waals surface area contributed by atoms with Crippen LogP contribution in [0.5, 0.6) is 0 Å². The van der Waals surface area contributed by atoms with Crippen molar-refractivity contribution in [3.8, 4) is 0 Å². The van der Waals surface area contributed by atoms with Crippen molar-refractivity contribution in [2.75, 3.05) is 32.8 Å². The van der Waals surface area contributed by atoms with E-state index in [0.29, 0.717) is 12.0 Å². The predicted octanol–water partition coefficient (Wildman–Crippen LogP) is 2.85. The highest BCUT2D eigenvalue weighted by molar-refractivity contribution is 7.09. The van der Waals surface area contributed by atoms with Crippen molar-refractivity contribution in [3.63, 3.8) is 0 Å². The number of ether oxygens (including phenoxy) is 1. The molecule has 0 radical (unpaired) electrons. The van der Waals surface area contributed by atoms with Crippen molar-refractivity contribution in [1.82, 2.24) is 14.8 Å². The Morgan fingerprint density at radius 2 is 2.13 bits per heavy atom. The molecule has 2 aromatic rings. The summed E-state index contributed by atoms with van der Waals surface area (Å²) in [6.45, 7) is 9.31. The molecule has 0 unspecified atom stereocenters.